The average molecular weight is 301 g/mol. The number of aliphatic hydroxyl groups is 2. The van der Waals surface area contributed by atoms with Crippen LogP contribution in [0.25, 0.3) is 0 Å². The number of pyridine rings is 1. The molecule has 2 aromatic rings. The molecule has 1 aromatic carbocycles. The number of hydrogen-bond donors (Lipinski definition) is 2. The first-order valence-electron chi connectivity index (χ1n) is 7.55. The van der Waals surface area contributed by atoms with E-state index >= 15 is 0 Å². The maximum absolute atomic E-state index is 10.3. The number of nitrogens with zero attached hydrogens (tertiary/aromatic N) is 1. The van der Waals surface area contributed by atoms with E-state index in [-0.39, 0.29) is 12.5 Å². The summed E-state index contributed by atoms with van der Waals surface area (Å²) in [5, 5.41) is 19.0. The Kier molecular flexibility index (Phi) is 6.52. The molecule has 2 rings (SSSR count). The predicted octanol–water partition coefficient (Wildman–Crippen LogP) is 2.35. The molecular weight excluding hydrogens is 278 g/mol. The van der Waals surface area contributed by atoms with Crippen LogP contribution in [0.4, 0.5) is 0 Å². The van der Waals surface area contributed by atoms with Crippen LogP contribution in [-0.4, -0.2) is 35.0 Å². The number of aliphatic hydroxyl groups excluding tert-OH is 2. The topological polar surface area (TPSA) is 62.6 Å². The Morgan fingerprint density at radius 2 is 1.91 bits per heavy atom. The molecule has 0 radical (unpaired) electrons. The molecule has 2 unspecified atom stereocenters. The first-order chi connectivity index (χ1) is 10.7. The Balaban J connectivity index is 1.93. The fraction of sp³-hybridized carbons (Fsp3) is 0.389. The highest BCUT2D eigenvalue weighted by atomic mass is 16.5. The van der Waals surface area contributed by atoms with E-state index in [1.54, 1.807) is 6.20 Å². The second kappa shape index (κ2) is 8.63. The van der Waals surface area contributed by atoms with Crippen molar-refractivity contribution >= 4 is 0 Å². The van der Waals surface area contributed by atoms with Crippen LogP contribution in [0.15, 0.2) is 48.8 Å². The molecule has 1 aromatic heterocycles. The van der Waals surface area contributed by atoms with Gasteiger partial charge in [-0.05, 0) is 29.2 Å². The molecule has 2 N–H and O–H groups in total. The van der Waals surface area contributed by atoms with E-state index in [1.165, 1.54) is 11.1 Å². The molecule has 2 atom stereocenters. The van der Waals surface area contributed by atoms with Crippen molar-refractivity contribution in [3.05, 3.63) is 65.5 Å². The highest BCUT2D eigenvalue weighted by Crippen LogP contribution is 2.23. The van der Waals surface area contributed by atoms with Crippen LogP contribution in [0, 0.1) is 5.92 Å². The van der Waals surface area contributed by atoms with Crippen molar-refractivity contribution in [2.75, 3.05) is 19.8 Å². The lowest BCUT2D eigenvalue weighted by atomic mass is 9.96. The fourth-order valence-corrected chi connectivity index (χ4v) is 2.32. The number of benzene rings is 1. The first-order valence-corrected chi connectivity index (χ1v) is 7.55. The van der Waals surface area contributed by atoms with Crippen molar-refractivity contribution in [2.24, 2.45) is 5.92 Å². The van der Waals surface area contributed by atoms with Crippen LogP contribution in [0.3, 0.4) is 0 Å². The number of hydrogen-bond acceptors (Lipinski definition) is 4. The molecule has 1 heterocycles. The van der Waals surface area contributed by atoms with Crippen LogP contribution < -0.4 is 0 Å². The Hall–Kier alpha value is -1.75. The predicted molar refractivity (Wildman–Crippen MR) is 85.5 cm³/mol. The minimum absolute atomic E-state index is 0.00581. The van der Waals surface area contributed by atoms with Gasteiger partial charge in [0.05, 0.1) is 25.9 Å². The smallest absolute Gasteiger partial charge is 0.0837 e. The zero-order chi connectivity index (χ0) is 15.8. The minimum Gasteiger partial charge on any atom is -0.394 e. The lowest BCUT2D eigenvalue weighted by molar-refractivity contribution is 0.0218. The van der Waals surface area contributed by atoms with Crippen molar-refractivity contribution < 1.29 is 14.9 Å². The van der Waals surface area contributed by atoms with E-state index in [0.29, 0.717) is 13.2 Å². The molecule has 0 aliphatic rings. The molecule has 0 saturated carbocycles. The Morgan fingerprint density at radius 3 is 2.55 bits per heavy atom. The van der Waals surface area contributed by atoms with Gasteiger partial charge >= 0.3 is 0 Å². The van der Waals surface area contributed by atoms with Gasteiger partial charge in [-0.15, -0.1) is 0 Å². The zero-order valence-corrected chi connectivity index (χ0v) is 12.9. The normalized spacial score (nSPS) is 13.8. The molecule has 0 aliphatic carbocycles. The Bertz CT molecular complexity index is 542. The highest BCUT2D eigenvalue weighted by Gasteiger charge is 2.16. The average Bonchev–Trinajstić information content (AvgIpc) is 2.56. The van der Waals surface area contributed by atoms with Gasteiger partial charge in [0, 0.05) is 18.3 Å². The van der Waals surface area contributed by atoms with Crippen molar-refractivity contribution in [3.8, 4) is 0 Å². The van der Waals surface area contributed by atoms with E-state index < -0.39 is 6.10 Å². The molecular formula is C18H23NO3. The largest absolute Gasteiger partial charge is 0.394 e. The van der Waals surface area contributed by atoms with Gasteiger partial charge in [-0.1, -0.05) is 37.3 Å². The lowest BCUT2D eigenvalue weighted by Crippen LogP contribution is -2.16. The second-order valence-corrected chi connectivity index (χ2v) is 5.50. The molecule has 118 valence electrons. The van der Waals surface area contributed by atoms with Crippen LogP contribution in [0.1, 0.15) is 29.7 Å². The number of rotatable bonds is 8. The van der Waals surface area contributed by atoms with Crippen LogP contribution in [0.2, 0.25) is 0 Å². The lowest BCUT2D eigenvalue weighted by Gasteiger charge is -2.19. The third-order valence-electron chi connectivity index (χ3n) is 3.61. The van der Waals surface area contributed by atoms with Gasteiger partial charge in [0.15, 0.2) is 0 Å². The summed E-state index contributed by atoms with van der Waals surface area (Å²) in [6.45, 7) is 2.68. The van der Waals surface area contributed by atoms with Gasteiger partial charge in [-0.3, -0.25) is 4.98 Å². The zero-order valence-electron chi connectivity index (χ0n) is 12.9. The summed E-state index contributed by atoms with van der Waals surface area (Å²) >= 11 is 0. The third kappa shape index (κ3) is 4.91. The van der Waals surface area contributed by atoms with Gasteiger partial charge < -0.3 is 14.9 Å². The van der Waals surface area contributed by atoms with Gasteiger partial charge in [0.25, 0.3) is 0 Å². The molecule has 0 spiro atoms. The van der Waals surface area contributed by atoms with E-state index in [4.69, 9.17) is 9.84 Å². The molecule has 0 amide bonds. The van der Waals surface area contributed by atoms with Crippen LogP contribution in [0.5, 0.6) is 0 Å². The summed E-state index contributed by atoms with van der Waals surface area (Å²) in [7, 11) is 0. The maximum atomic E-state index is 10.3. The van der Waals surface area contributed by atoms with E-state index in [9.17, 15) is 5.11 Å². The minimum atomic E-state index is -0.564. The summed E-state index contributed by atoms with van der Waals surface area (Å²) in [4.78, 5) is 4.11. The van der Waals surface area contributed by atoms with E-state index in [1.807, 2.05) is 43.5 Å². The summed E-state index contributed by atoms with van der Waals surface area (Å²) in [6, 6.07) is 12.0. The molecule has 0 aliphatic heterocycles. The quantitative estimate of drug-likeness (QED) is 0.735. The van der Waals surface area contributed by atoms with Gasteiger partial charge in [-0.25, -0.2) is 0 Å². The Morgan fingerprint density at radius 1 is 1.14 bits per heavy atom. The summed E-state index contributed by atoms with van der Waals surface area (Å²) in [5.74, 6) is -0.0178. The van der Waals surface area contributed by atoms with Gasteiger partial charge in [0.1, 0.15) is 0 Å². The van der Waals surface area contributed by atoms with E-state index in [0.717, 1.165) is 12.0 Å². The van der Waals surface area contributed by atoms with Crippen molar-refractivity contribution in [1.82, 2.24) is 4.98 Å². The van der Waals surface area contributed by atoms with Crippen molar-refractivity contribution in [3.63, 3.8) is 0 Å². The van der Waals surface area contributed by atoms with Gasteiger partial charge in [-0.2, -0.15) is 0 Å². The van der Waals surface area contributed by atoms with Gasteiger partial charge in [0.2, 0.25) is 0 Å². The number of ether oxygens (including phenoxy) is 1. The molecule has 22 heavy (non-hydrogen) atoms. The highest BCUT2D eigenvalue weighted by molar-refractivity contribution is 5.28. The monoisotopic (exact) mass is 301 g/mol. The Labute approximate surface area is 131 Å². The summed E-state index contributed by atoms with van der Waals surface area (Å²) in [6.07, 6.45) is 3.90. The standard InChI is InChI=1S/C18H23NO3/c1-14(13-22-10-9-20)18(21)17-6-4-15(5-7-17)11-16-3-2-8-19-12-16/h2-8,12,14,18,20-21H,9-11,13H2,1H3. The third-order valence-corrected chi connectivity index (χ3v) is 3.61. The molecule has 0 bridgehead atoms. The fourth-order valence-electron chi connectivity index (χ4n) is 2.32. The first kappa shape index (κ1) is 16.6. The van der Waals surface area contributed by atoms with E-state index in [2.05, 4.69) is 11.1 Å². The molecule has 0 saturated heterocycles. The molecule has 4 nitrogen and oxygen atoms in total. The SMILES string of the molecule is CC(COCCO)C(O)c1ccc(Cc2cccnc2)cc1. The maximum Gasteiger partial charge on any atom is 0.0837 e. The van der Waals surface area contributed by atoms with Crippen molar-refractivity contribution in [2.45, 2.75) is 19.4 Å². The van der Waals surface area contributed by atoms with Crippen molar-refractivity contribution in [1.29, 1.82) is 0 Å². The summed E-state index contributed by atoms with van der Waals surface area (Å²) in [5.41, 5.74) is 3.24. The second-order valence-electron chi connectivity index (χ2n) is 5.50. The van der Waals surface area contributed by atoms with Crippen LogP contribution in [-0.2, 0) is 11.2 Å². The molecule has 0 fully saturated rings. The van der Waals surface area contributed by atoms with Crippen LogP contribution >= 0.6 is 0 Å². The molecule has 4 heteroatoms. The summed E-state index contributed by atoms with van der Waals surface area (Å²) < 4.78 is 5.27. The number of aromatic nitrogens is 1.